The molecule has 9 atom stereocenters. The number of ketones is 3. The summed E-state index contributed by atoms with van der Waals surface area (Å²) in [6.45, 7) is 12.3. The highest BCUT2D eigenvalue weighted by molar-refractivity contribution is 6.30. The average molecular weight is 696 g/mol. The van der Waals surface area contributed by atoms with E-state index < -0.39 is 100 Å². The molecule has 0 aromatic heterocycles. The SMILES string of the molecule is COC1/C=C\OC2(C)Oc3c(C)c(O)c4c(c3C2=O)C(=O)C=C(NC(=O)/C(C)=C/C=C/C(C)C(O)C(C)C(O)C(C)C(OC(C)=O)C1C)C4=O. The van der Waals surface area contributed by atoms with Gasteiger partial charge in [-0.3, -0.25) is 24.0 Å². The van der Waals surface area contributed by atoms with Gasteiger partial charge in [0.2, 0.25) is 5.78 Å². The second-order valence-corrected chi connectivity index (χ2v) is 13.4. The van der Waals surface area contributed by atoms with E-state index in [0.29, 0.717) is 0 Å². The maximum atomic E-state index is 13.9. The number of methoxy groups -OCH3 is 1. The number of allylic oxidation sites excluding steroid dienone is 4. The first-order valence-corrected chi connectivity index (χ1v) is 16.4. The van der Waals surface area contributed by atoms with Crippen LogP contribution < -0.4 is 10.1 Å². The highest BCUT2D eigenvalue weighted by Gasteiger charge is 2.51. The van der Waals surface area contributed by atoms with Crippen LogP contribution in [-0.2, 0) is 23.8 Å². The average Bonchev–Trinajstić information content (AvgIpc) is 3.33. The number of rotatable bonds is 2. The molecule has 1 aliphatic carbocycles. The van der Waals surface area contributed by atoms with Crippen molar-refractivity contribution in [1.82, 2.24) is 5.32 Å². The molecule has 5 rings (SSSR count). The molecule has 1 amide bonds. The van der Waals surface area contributed by atoms with Gasteiger partial charge in [0.1, 0.15) is 17.6 Å². The Bertz CT molecular complexity index is 1720. The fraction of sp³-hybridized carbons (Fsp3) is 0.486. The first-order chi connectivity index (χ1) is 23.4. The number of aliphatic hydroxyl groups excluding tert-OH is 2. The van der Waals surface area contributed by atoms with Crippen LogP contribution in [0.5, 0.6) is 11.5 Å². The summed E-state index contributed by atoms with van der Waals surface area (Å²) in [4.78, 5) is 66.2. The zero-order chi connectivity index (χ0) is 37.4. The van der Waals surface area contributed by atoms with Gasteiger partial charge in [0, 0.05) is 61.8 Å². The molecule has 1 aromatic rings. The molecule has 0 saturated carbocycles. The van der Waals surface area contributed by atoms with E-state index in [-0.39, 0.29) is 28.0 Å². The van der Waals surface area contributed by atoms with Crippen molar-refractivity contribution in [3.8, 4) is 11.5 Å². The van der Waals surface area contributed by atoms with Crippen molar-refractivity contribution in [2.45, 2.75) is 85.6 Å². The lowest BCUT2D eigenvalue weighted by molar-refractivity contribution is -0.160. The molecule has 0 fully saturated rings. The Labute approximate surface area is 290 Å². The largest absolute Gasteiger partial charge is 0.507 e. The molecule has 4 aliphatic rings. The number of carbonyl (C=O) groups is 5. The summed E-state index contributed by atoms with van der Waals surface area (Å²) < 4.78 is 23.1. The maximum absolute atomic E-state index is 13.9. The maximum Gasteiger partial charge on any atom is 0.312 e. The van der Waals surface area contributed by atoms with Gasteiger partial charge in [0.05, 0.1) is 47.0 Å². The van der Waals surface area contributed by atoms with E-state index >= 15 is 0 Å². The van der Waals surface area contributed by atoms with E-state index in [1.54, 1.807) is 39.8 Å². The summed E-state index contributed by atoms with van der Waals surface area (Å²) in [5.74, 6) is -8.99. The molecule has 13 nitrogen and oxygen atoms in total. The molecule has 0 spiro atoms. The minimum atomic E-state index is -2.03. The molecule has 5 bridgehead atoms. The quantitative estimate of drug-likeness (QED) is 0.329. The van der Waals surface area contributed by atoms with Crippen molar-refractivity contribution < 1.29 is 58.2 Å². The van der Waals surface area contributed by atoms with Crippen LogP contribution in [0.25, 0.3) is 0 Å². The third-order valence-corrected chi connectivity index (χ3v) is 9.80. The summed E-state index contributed by atoms with van der Waals surface area (Å²) in [5, 5.41) is 36.1. The predicted molar refractivity (Wildman–Crippen MR) is 179 cm³/mol. The normalized spacial score (nSPS) is 34.5. The summed E-state index contributed by atoms with van der Waals surface area (Å²) in [6.07, 6.45) is 4.31. The van der Waals surface area contributed by atoms with Gasteiger partial charge in [-0.2, -0.15) is 0 Å². The fourth-order valence-electron chi connectivity index (χ4n) is 6.62. The molecule has 0 radical (unpaired) electrons. The number of nitrogens with one attached hydrogen (secondary N) is 1. The smallest absolute Gasteiger partial charge is 0.312 e. The number of phenolic OH excluding ortho intramolecular Hbond substituents is 1. The van der Waals surface area contributed by atoms with Crippen molar-refractivity contribution in [2.75, 3.05) is 7.11 Å². The van der Waals surface area contributed by atoms with Crippen LogP contribution in [0.4, 0.5) is 0 Å². The van der Waals surface area contributed by atoms with Gasteiger partial charge in [-0.05, 0) is 19.9 Å². The number of ether oxygens (including phenoxy) is 4. The number of benzene rings is 1. The van der Waals surface area contributed by atoms with Crippen molar-refractivity contribution in [1.29, 1.82) is 0 Å². The molecular formula is C37H45NO12. The van der Waals surface area contributed by atoms with Crippen LogP contribution in [0.3, 0.4) is 0 Å². The zero-order valence-electron chi connectivity index (χ0n) is 29.6. The number of aliphatic hydroxyl groups is 2. The molecule has 1 aromatic carbocycles. The molecule has 13 heteroatoms. The van der Waals surface area contributed by atoms with E-state index in [4.69, 9.17) is 18.9 Å². The minimum Gasteiger partial charge on any atom is -0.507 e. The summed E-state index contributed by atoms with van der Waals surface area (Å²) in [5.41, 5.74) is -1.31. The highest BCUT2D eigenvalue weighted by atomic mass is 16.7. The Balaban J connectivity index is 1.83. The summed E-state index contributed by atoms with van der Waals surface area (Å²) in [6, 6.07) is 0. The van der Waals surface area contributed by atoms with Gasteiger partial charge in [-0.1, -0.05) is 45.9 Å². The number of hydrogen-bond acceptors (Lipinski definition) is 12. The van der Waals surface area contributed by atoms with Crippen LogP contribution in [0, 0.1) is 30.6 Å². The molecule has 4 N–H and O–H groups in total. The number of amides is 1. The van der Waals surface area contributed by atoms with Crippen LogP contribution >= 0.6 is 0 Å². The van der Waals surface area contributed by atoms with E-state index in [9.17, 15) is 39.3 Å². The molecule has 3 aliphatic heterocycles. The van der Waals surface area contributed by atoms with Crippen LogP contribution in [0.2, 0.25) is 0 Å². The Morgan fingerprint density at radius 3 is 2.22 bits per heavy atom. The lowest BCUT2D eigenvalue weighted by Gasteiger charge is -2.38. The topological polar surface area (TPSA) is 195 Å². The van der Waals surface area contributed by atoms with Gasteiger partial charge >= 0.3 is 11.8 Å². The molecular weight excluding hydrogens is 650 g/mol. The summed E-state index contributed by atoms with van der Waals surface area (Å²) in [7, 11) is 1.42. The lowest BCUT2D eigenvalue weighted by atomic mass is 9.78. The Morgan fingerprint density at radius 2 is 1.60 bits per heavy atom. The second kappa shape index (κ2) is 14.7. The molecule has 50 heavy (non-hydrogen) atoms. The first-order valence-electron chi connectivity index (χ1n) is 16.4. The monoisotopic (exact) mass is 695 g/mol. The number of esters is 1. The van der Waals surface area contributed by atoms with E-state index in [1.807, 2.05) is 0 Å². The number of fused-ring (bicyclic) bond motifs is 14. The van der Waals surface area contributed by atoms with Crippen LogP contribution in [0.1, 0.15) is 85.1 Å². The third-order valence-electron chi connectivity index (χ3n) is 9.80. The summed E-state index contributed by atoms with van der Waals surface area (Å²) >= 11 is 0. The highest BCUT2D eigenvalue weighted by Crippen LogP contribution is 2.47. The Hall–Kier alpha value is -4.59. The van der Waals surface area contributed by atoms with Gasteiger partial charge < -0.3 is 39.6 Å². The van der Waals surface area contributed by atoms with E-state index in [1.165, 1.54) is 47.0 Å². The van der Waals surface area contributed by atoms with Crippen LogP contribution in [-0.4, -0.2) is 81.9 Å². The molecule has 3 heterocycles. The minimum absolute atomic E-state index is 0.00885. The Kier molecular flexibility index (Phi) is 11.2. The fourth-order valence-corrected chi connectivity index (χ4v) is 6.62. The van der Waals surface area contributed by atoms with Gasteiger partial charge in [0.15, 0.2) is 5.78 Å². The standard InChI is InChI=1S/C37H45NO12/c1-16-11-10-12-17(2)36(46)38-23-15-24(40)26-27(32(23)44)31(43)21(6)34-28(26)35(45)37(8,50-34)48-14-13-25(47-9)18(3)33(49-22(7)39)20(5)30(42)19(4)29(16)41/h10-16,18-20,25,29-30,33,41-43H,1-9H3,(H,38,46)/b11-10+,14-13-,17-12+. The van der Waals surface area contributed by atoms with Crippen molar-refractivity contribution in [3.05, 3.63) is 70.2 Å². The van der Waals surface area contributed by atoms with Gasteiger partial charge in [-0.15, -0.1) is 0 Å². The second-order valence-electron chi connectivity index (χ2n) is 13.4. The predicted octanol–water partition coefficient (Wildman–Crippen LogP) is 3.63. The van der Waals surface area contributed by atoms with Crippen molar-refractivity contribution in [2.24, 2.45) is 23.7 Å². The number of Topliss-reactive ketones (excluding diaryl/α,β-unsaturated/α-hetero) is 2. The first kappa shape index (κ1) is 38.2. The molecule has 0 saturated heterocycles. The number of aromatic hydroxyl groups is 1. The van der Waals surface area contributed by atoms with Crippen molar-refractivity contribution in [3.63, 3.8) is 0 Å². The zero-order valence-corrected chi connectivity index (χ0v) is 29.6. The number of carbonyl (C=O) groups excluding carboxylic acids is 5. The van der Waals surface area contributed by atoms with E-state index in [2.05, 4.69) is 5.32 Å². The van der Waals surface area contributed by atoms with Gasteiger partial charge in [-0.25, -0.2) is 0 Å². The lowest BCUT2D eigenvalue weighted by Crippen LogP contribution is -2.46. The molecule has 270 valence electrons. The van der Waals surface area contributed by atoms with Crippen LogP contribution in [0.15, 0.2) is 47.9 Å². The molecule has 9 unspecified atom stereocenters. The van der Waals surface area contributed by atoms with Crippen molar-refractivity contribution >= 4 is 29.2 Å². The van der Waals surface area contributed by atoms with Gasteiger partial charge in [0.25, 0.3) is 11.7 Å². The Morgan fingerprint density at radius 1 is 0.940 bits per heavy atom. The van der Waals surface area contributed by atoms with E-state index in [0.717, 1.165) is 12.3 Å². The number of hydrogen-bond donors (Lipinski definition) is 4. The third kappa shape index (κ3) is 7.03. The number of phenols is 1.